The second kappa shape index (κ2) is 9.05. The van der Waals surface area contributed by atoms with Crippen molar-refractivity contribution in [1.29, 1.82) is 0 Å². The van der Waals surface area contributed by atoms with Gasteiger partial charge in [0.15, 0.2) is 5.11 Å². The van der Waals surface area contributed by atoms with E-state index in [1.54, 1.807) is 11.3 Å². The van der Waals surface area contributed by atoms with Crippen LogP contribution in [0.2, 0.25) is 0 Å². The Labute approximate surface area is 176 Å². The van der Waals surface area contributed by atoms with Crippen LogP contribution in [0.25, 0.3) is 0 Å². The van der Waals surface area contributed by atoms with Gasteiger partial charge in [-0.15, -0.1) is 11.3 Å². The fourth-order valence-corrected chi connectivity index (χ4v) is 5.29. The molecule has 0 amide bonds. The van der Waals surface area contributed by atoms with Crippen LogP contribution in [0.1, 0.15) is 71.0 Å². The summed E-state index contributed by atoms with van der Waals surface area (Å²) in [6.45, 7) is 6.41. The molecule has 1 aromatic heterocycles. The summed E-state index contributed by atoms with van der Waals surface area (Å²) in [6.07, 6.45) is 5.42. The Hall–Kier alpha value is -1.92. The zero-order valence-corrected chi connectivity index (χ0v) is 18.6. The van der Waals surface area contributed by atoms with Gasteiger partial charge in [-0.2, -0.15) is 0 Å². The standard InChI is InChI=1S/C22H28N2O2S2/c1-13(2)15-11-8-9-14(3)19(15)23-22(27)24-20-18(21(25)26-4)16-10-6-5-7-12-17(16)28-20/h8-9,11,13H,5-7,10,12H2,1-4H3,(H2,23,24,27). The maximum absolute atomic E-state index is 12.5. The smallest absolute Gasteiger partial charge is 0.341 e. The quantitative estimate of drug-likeness (QED) is 0.361. The molecule has 1 aromatic carbocycles. The first-order valence-corrected chi connectivity index (χ1v) is 11.0. The van der Waals surface area contributed by atoms with E-state index in [1.807, 2.05) is 0 Å². The second-order valence-corrected chi connectivity index (χ2v) is 9.05. The Morgan fingerprint density at radius 2 is 1.93 bits per heavy atom. The van der Waals surface area contributed by atoms with Crippen molar-refractivity contribution in [3.05, 3.63) is 45.3 Å². The predicted molar refractivity (Wildman–Crippen MR) is 122 cm³/mol. The number of hydrogen-bond donors (Lipinski definition) is 2. The number of benzene rings is 1. The molecule has 28 heavy (non-hydrogen) atoms. The van der Waals surface area contributed by atoms with Gasteiger partial charge in [0.2, 0.25) is 0 Å². The van der Waals surface area contributed by atoms with Crippen molar-refractivity contribution in [2.45, 2.75) is 58.8 Å². The molecule has 4 nitrogen and oxygen atoms in total. The zero-order chi connectivity index (χ0) is 20.3. The molecule has 1 aliphatic carbocycles. The van der Waals surface area contributed by atoms with Gasteiger partial charge >= 0.3 is 5.97 Å². The number of nitrogens with one attached hydrogen (secondary N) is 2. The van der Waals surface area contributed by atoms with Crippen LogP contribution in [0.5, 0.6) is 0 Å². The molecule has 0 bridgehead atoms. The Morgan fingerprint density at radius 3 is 2.64 bits per heavy atom. The minimum absolute atomic E-state index is 0.288. The number of thiophene rings is 1. The third-order valence-corrected chi connectivity index (χ3v) is 6.61. The first-order chi connectivity index (χ1) is 13.4. The molecule has 0 radical (unpaired) electrons. The molecule has 150 valence electrons. The lowest BCUT2D eigenvalue weighted by molar-refractivity contribution is 0.0601. The van der Waals surface area contributed by atoms with Gasteiger partial charge in [0, 0.05) is 10.6 Å². The number of thiocarbonyl (C=S) groups is 1. The van der Waals surface area contributed by atoms with Crippen LogP contribution in [0.3, 0.4) is 0 Å². The fraction of sp³-hybridized carbons (Fsp3) is 0.455. The van der Waals surface area contributed by atoms with Gasteiger partial charge in [-0.1, -0.05) is 38.5 Å². The highest BCUT2D eigenvalue weighted by Crippen LogP contribution is 2.38. The summed E-state index contributed by atoms with van der Waals surface area (Å²) in [7, 11) is 1.44. The molecule has 0 atom stereocenters. The van der Waals surface area contributed by atoms with E-state index in [2.05, 4.69) is 49.6 Å². The first-order valence-electron chi connectivity index (χ1n) is 9.82. The molecule has 3 rings (SSSR count). The van der Waals surface area contributed by atoms with Crippen molar-refractivity contribution in [3.63, 3.8) is 0 Å². The molecule has 0 spiro atoms. The molecule has 2 aromatic rings. The van der Waals surface area contributed by atoms with Crippen molar-refractivity contribution in [2.75, 3.05) is 17.7 Å². The van der Waals surface area contributed by atoms with Crippen LogP contribution in [-0.4, -0.2) is 18.2 Å². The number of ether oxygens (including phenoxy) is 1. The molecule has 2 N–H and O–H groups in total. The number of anilines is 2. The Balaban J connectivity index is 1.88. The number of esters is 1. The highest BCUT2D eigenvalue weighted by atomic mass is 32.1. The minimum atomic E-state index is -0.288. The molecule has 0 unspecified atom stereocenters. The first kappa shape index (κ1) is 20.8. The monoisotopic (exact) mass is 416 g/mol. The second-order valence-electron chi connectivity index (χ2n) is 7.53. The number of rotatable bonds is 4. The van der Waals surface area contributed by atoms with Crippen LogP contribution in [0, 0.1) is 6.92 Å². The van der Waals surface area contributed by atoms with Crippen molar-refractivity contribution in [3.8, 4) is 0 Å². The van der Waals surface area contributed by atoms with Crippen LogP contribution < -0.4 is 10.6 Å². The zero-order valence-electron chi connectivity index (χ0n) is 17.0. The normalized spacial score (nSPS) is 13.6. The fourth-order valence-electron chi connectivity index (χ4n) is 3.74. The lowest BCUT2D eigenvalue weighted by Crippen LogP contribution is -2.21. The topological polar surface area (TPSA) is 50.4 Å². The summed E-state index contributed by atoms with van der Waals surface area (Å²) in [4.78, 5) is 13.8. The van der Waals surface area contributed by atoms with E-state index in [9.17, 15) is 4.79 Å². The van der Waals surface area contributed by atoms with Crippen molar-refractivity contribution < 1.29 is 9.53 Å². The summed E-state index contributed by atoms with van der Waals surface area (Å²) in [6, 6.07) is 6.26. The number of methoxy groups -OCH3 is 1. The van der Waals surface area contributed by atoms with E-state index in [0.717, 1.165) is 47.5 Å². The molecule has 0 fully saturated rings. The van der Waals surface area contributed by atoms with Gasteiger partial charge in [-0.25, -0.2) is 4.79 Å². The van der Waals surface area contributed by atoms with Crippen LogP contribution in [0.15, 0.2) is 18.2 Å². The maximum Gasteiger partial charge on any atom is 0.341 e. The largest absolute Gasteiger partial charge is 0.465 e. The number of carbonyl (C=O) groups excluding carboxylic acids is 1. The summed E-state index contributed by atoms with van der Waals surface area (Å²) in [5.74, 6) is 0.0945. The molecular formula is C22H28N2O2S2. The van der Waals surface area contributed by atoms with E-state index < -0.39 is 0 Å². The van der Waals surface area contributed by atoms with E-state index in [0.29, 0.717) is 16.6 Å². The number of aryl methyl sites for hydroxylation is 2. The van der Waals surface area contributed by atoms with Crippen LogP contribution in [-0.2, 0) is 17.6 Å². The highest BCUT2D eigenvalue weighted by molar-refractivity contribution is 7.80. The van der Waals surface area contributed by atoms with Gasteiger partial charge < -0.3 is 15.4 Å². The molecule has 0 saturated heterocycles. The summed E-state index contributed by atoms with van der Waals surface area (Å²) < 4.78 is 5.08. The highest BCUT2D eigenvalue weighted by Gasteiger charge is 2.26. The Bertz CT molecular complexity index is 887. The average Bonchev–Trinajstić information content (AvgIpc) is 2.83. The lowest BCUT2D eigenvalue weighted by Gasteiger charge is -2.18. The SMILES string of the molecule is COC(=O)c1c(NC(=S)Nc2c(C)cccc2C(C)C)sc2c1CCCCC2. The molecular weight excluding hydrogens is 388 g/mol. The predicted octanol–water partition coefficient (Wildman–Crippen LogP) is 6.04. The van der Waals surface area contributed by atoms with E-state index >= 15 is 0 Å². The summed E-state index contributed by atoms with van der Waals surface area (Å²) in [5.41, 5.74) is 5.19. The van der Waals surface area contributed by atoms with Gasteiger partial charge in [0.25, 0.3) is 0 Å². The van der Waals surface area contributed by atoms with Gasteiger partial charge in [0.05, 0.1) is 12.7 Å². The number of hydrogen-bond acceptors (Lipinski definition) is 4. The third kappa shape index (κ3) is 4.39. The van der Waals surface area contributed by atoms with E-state index in [1.165, 1.54) is 24.0 Å². The van der Waals surface area contributed by atoms with Crippen LogP contribution >= 0.6 is 23.6 Å². The van der Waals surface area contributed by atoms with Crippen molar-refractivity contribution in [1.82, 2.24) is 0 Å². The molecule has 1 heterocycles. The molecule has 6 heteroatoms. The third-order valence-electron chi connectivity index (χ3n) is 5.20. The van der Waals surface area contributed by atoms with Gasteiger partial charge in [-0.3, -0.25) is 0 Å². The van der Waals surface area contributed by atoms with Gasteiger partial charge in [0.1, 0.15) is 5.00 Å². The van der Waals surface area contributed by atoms with Crippen molar-refractivity contribution in [2.24, 2.45) is 0 Å². The Morgan fingerprint density at radius 1 is 1.18 bits per heavy atom. The summed E-state index contributed by atoms with van der Waals surface area (Å²) in [5, 5.41) is 7.93. The minimum Gasteiger partial charge on any atom is -0.465 e. The molecule has 0 aliphatic heterocycles. The lowest BCUT2D eigenvalue weighted by atomic mass is 9.98. The summed E-state index contributed by atoms with van der Waals surface area (Å²) >= 11 is 7.24. The number of fused-ring (bicyclic) bond motifs is 1. The van der Waals surface area contributed by atoms with E-state index in [4.69, 9.17) is 17.0 Å². The molecule has 0 saturated carbocycles. The van der Waals surface area contributed by atoms with Gasteiger partial charge in [-0.05, 0) is 67.4 Å². The maximum atomic E-state index is 12.5. The number of para-hydroxylation sites is 1. The van der Waals surface area contributed by atoms with E-state index in [-0.39, 0.29) is 5.97 Å². The van der Waals surface area contributed by atoms with Crippen LogP contribution in [0.4, 0.5) is 10.7 Å². The average molecular weight is 417 g/mol. The molecule has 1 aliphatic rings. The Kier molecular flexibility index (Phi) is 6.73. The number of carbonyl (C=O) groups is 1. The van der Waals surface area contributed by atoms with Crippen molar-refractivity contribution >= 4 is 45.3 Å².